The Bertz CT molecular complexity index is 188. The van der Waals surface area contributed by atoms with Crippen molar-refractivity contribution < 1.29 is 19.8 Å². The van der Waals surface area contributed by atoms with Crippen molar-refractivity contribution in [3.8, 4) is 0 Å². The van der Waals surface area contributed by atoms with Crippen LogP contribution in [0.1, 0.15) is 32.6 Å². The first kappa shape index (κ1) is 11.9. The van der Waals surface area contributed by atoms with E-state index in [1.807, 2.05) is 6.92 Å². The van der Waals surface area contributed by atoms with E-state index >= 15 is 0 Å². The van der Waals surface area contributed by atoms with Crippen LogP contribution in [0.25, 0.3) is 0 Å². The van der Waals surface area contributed by atoms with Crippen molar-refractivity contribution in [3.05, 3.63) is 0 Å². The van der Waals surface area contributed by atoms with Gasteiger partial charge >= 0.3 is 11.9 Å². The van der Waals surface area contributed by atoms with Crippen LogP contribution in [0.4, 0.5) is 0 Å². The molecule has 0 spiro atoms. The summed E-state index contributed by atoms with van der Waals surface area (Å²) in [5.41, 5.74) is 3.11. The number of hydrogen-bond donors (Lipinski definition) is 3. The maximum Gasteiger partial charge on any atom is 0.335 e. The lowest BCUT2D eigenvalue weighted by molar-refractivity contribution is -0.157. The van der Waals surface area contributed by atoms with Crippen LogP contribution >= 0.6 is 0 Å². The third-order valence-corrected chi connectivity index (χ3v) is 1.94. The Morgan fingerprint density at radius 3 is 2.00 bits per heavy atom. The van der Waals surface area contributed by atoms with Gasteiger partial charge in [-0.25, -0.2) is 9.59 Å². The van der Waals surface area contributed by atoms with Crippen LogP contribution in [0, 0.1) is 0 Å². The minimum atomic E-state index is -2.12. The number of rotatable bonds is 6. The molecule has 0 aliphatic rings. The number of carboxylic acids is 2. The first-order valence-electron chi connectivity index (χ1n) is 4.20. The van der Waals surface area contributed by atoms with Gasteiger partial charge in [-0.2, -0.15) is 0 Å². The molecule has 0 unspecified atom stereocenters. The van der Waals surface area contributed by atoms with E-state index in [0.29, 0.717) is 6.42 Å². The molecule has 13 heavy (non-hydrogen) atoms. The van der Waals surface area contributed by atoms with Crippen molar-refractivity contribution in [3.63, 3.8) is 0 Å². The van der Waals surface area contributed by atoms with E-state index in [1.54, 1.807) is 0 Å². The molecule has 0 aromatic carbocycles. The van der Waals surface area contributed by atoms with Gasteiger partial charge in [-0.15, -0.1) is 0 Å². The van der Waals surface area contributed by atoms with Gasteiger partial charge in [-0.3, -0.25) is 0 Å². The monoisotopic (exact) mass is 189 g/mol. The molecule has 0 saturated heterocycles. The Kier molecular flexibility index (Phi) is 4.40. The van der Waals surface area contributed by atoms with Crippen molar-refractivity contribution in [2.24, 2.45) is 5.73 Å². The average Bonchev–Trinajstić information content (AvgIpc) is 2.03. The standard InChI is InChI=1S/C8H15NO4/c1-2-3-4-5-8(9,6(10)11)7(12)13/h2-5,9H2,1H3,(H,10,11)(H,12,13). The summed E-state index contributed by atoms with van der Waals surface area (Å²) in [7, 11) is 0. The number of carboxylic acid groups (broad SMARTS) is 2. The molecule has 0 saturated carbocycles. The van der Waals surface area contributed by atoms with Crippen molar-refractivity contribution in [1.82, 2.24) is 0 Å². The molecule has 0 rings (SSSR count). The Morgan fingerprint density at radius 1 is 1.23 bits per heavy atom. The van der Waals surface area contributed by atoms with E-state index < -0.39 is 17.5 Å². The molecule has 0 fully saturated rings. The highest BCUT2D eigenvalue weighted by molar-refractivity contribution is 6.02. The molecule has 0 atom stereocenters. The summed E-state index contributed by atoms with van der Waals surface area (Å²) in [6.07, 6.45) is 2.19. The lowest BCUT2D eigenvalue weighted by Crippen LogP contribution is -2.54. The predicted octanol–water partition coefficient (Wildman–Crippen LogP) is 0.433. The average molecular weight is 189 g/mol. The van der Waals surface area contributed by atoms with Crippen LogP contribution in [-0.4, -0.2) is 27.7 Å². The van der Waals surface area contributed by atoms with E-state index in [9.17, 15) is 9.59 Å². The van der Waals surface area contributed by atoms with Gasteiger partial charge in [0.2, 0.25) is 5.54 Å². The summed E-state index contributed by atoms with van der Waals surface area (Å²) in [5.74, 6) is -2.95. The van der Waals surface area contributed by atoms with Crippen molar-refractivity contribution in [1.29, 1.82) is 0 Å². The van der Waals surface area contributed by atoms with Crippen LogP contribution in [-0.2, 0) is 9.59 Å². The molecule has 0 heterocycles. The zero-order valence-electron chi connectivity index (χ0n) is 7.62. The van der Waals surface area contributed by atoms with Crippen LogP contribution in [0.2, 0.25) is 0 Å². The number of nitrogens with two attached hydrogens (primary N) is 1. The molecular weight excluding hydrogens is 174 g/mol. The fourth-order valence-electron chi connectivity index (χ4n) is 0.959. The summed E-state index contributed by atoms with van der Waals surface area (Å²) in [4.78, 5) is 21.1. The number of carbonyl (C=O) groups is 2. The molecule has 0 radical (unpaired) electrons. The molecule has 0 aromatic rings. The number of unbranched alkanes of at least 4 members (excludes halogenated alkanes) is 2. The molecule has 5 nitrogen and oxygen atoms in total. The molecule has 0 bridgehead atoms. The molecule has 0 aliphatic heterocycles. The molecule has 0 amide bonds. The number of hydrogen-bond acceptors (Lipinski definition) is 3. The van der Waals surface area contributed by atoms with Crippen molar-refractivity contribution in [2.45, 2.75) is 38.1 Å². The van der Waals surface area contributed by atoms with Crippen molar-refractivity contribution in [2.75, 3.05) is 0 Å². The summed E-state index contributed by atoms with van der Waals surface area (Å²) in [6, 6.07) is 0. The quantitative estimate of drug-likeness (QED) is 0.415. The topological polar surface area (TPSA) is 101 Å². The van der Waals surface area contributed by atoms with Crippen molar-refractivity contribution >= 4 is 11.9 Å². The lowest BCUT2D eigenvalue weighted by atomic mass is 9.94. The molecule has 0 aliphatic carbocycles. The molecule has 0 aromatic heterocycles. The summed E-state index contributed by atoms with van der Waals surface area (Å²) >= 11 is 0. The lowest BCUT2D eigenvalue weighted by Gasteiger charge is -2.18. The van der Waals surface area contributed by atoms with Crippen LogP contribution in [0.15, 0.2) is 0 Å². The Hall–Kier alpha value is -1.10. The smallest absolute Gasteiger partial charge is 0.335 e. The molecule has 4 N–H and O–H groups in total. The van der Waals surface area contributed by atoms with Gasteiger partial charge in [0.05, 0.1) is 0 Å². The fraction of sp³-hybridized carbons (Fsp3) is 0.750. The Morgan fingerprint density at radius 2 is 1.69 bits per heavy atom. The highest BCUT2D eigenvalue weighted by Crippen LogP contribution is 2.13. The largest absolute Gasteiger partial charge is 0.479 e. The van der Waals surface area contributed by atoms with Gasteiger partial charge in [0, 0.05) is 0 Å². The second-order valence-corrected chi connectivity index (χ2v) is 3.04. The zero-order valence-corrected chi connectivity index (χ0v) is 7.62. The molecular formula is C8H15NO4. The van der Waals surface area contributed by atoms with E-state index in [1.165, 1.54) is 0 Å². The first-order chi connectivity index (χ1) is 5.95. The third kappa shape index (κ3) is 3.02. The van der Waals surface area contributed by atoms with Gasteiger partial charge in [-0.05, 0) is 6.42 Å². The SMILES string of the molecule is CCCCCC(N)(C(=O)O)C(=O)O. The van der Waals surface area contributed by atoms with E-state index in [-0.39, 0.29) is 6.42 Å². The van der Waals surface area contributed by atoms with E-state index in [4.69, 9.17) is 15.9 Å². The molecule has 76 valence electrons. The highest BCUT2D eigenvalue weighted by Gasteiger charge is 2.41. The van der Waals surface area contributed by atoms with E-state index in [0.717, 1.165) is 12.8 Å². The van der Waals surface area contributed by atoms with Gasteiger partial charge in [0.15, 0.2) is 0 Å². The van der Waals surface area contributed by atoms with Crippen LogP contribution in [0.5, 0.6) is 0 Å². The van der Waals surface area contributed by atoms with Gasteiger partial charge in [0.1, 0.15) is 0 Å². The van der Waals surface area contributed by atoms with Gasteiger partial charge < -0.3 is 15.9 Å². The summed E-state index contributed by atoms with van der Waals surface area (Å²) < 4.78 is 0. The second-order valence-electron chi connectivity index (χ2n) is 3.04. The van der Waals surface area contributed by atoms with Gasteiger partial charge in [0.25, 0.3) is 0 Å². The maximum atomic E-state index is 10.6. The van der Waals surface area contributed by atoms with Gasteiger partial charge in [-0.1, -0.05) is 26.2 Å². The zero-order chi connectivity index (χ0) is 10.5. The number of aliphatic carboxylic acids is 2. The predicted molar refractivity (Wildman–Crippen MR) is 46.3 cm³/mol. The Labute approximate surface area is 76.5 Å². The first-order valence-corrected chi connectivity index (χ1v) is 4.20. The fourth-order valence-corrected chi connectivity index (χ4v) is 0.959. The third-order valence-electron chi connectivity index (χ3n) is 1.94. The van der Waals surface area contributed by atoms with Crippen LogP contribution in [0.3, 0.4) is 0 Å². The second kappa shape index (κ2) is 4.81. The van der Waals surface area contributed by atoms with Crippen LogP contribution < -0.4 is 5.73 Å². The minimum Gasteiger partial charge on any atom is -0.479 e. The summed E-state index contributed by atoms with van der Waals surface area (Å²) in [6.45, 7) is 1.94. The van der Waals surface area contributed by atoms with E-state index in [2.05, 4.69) is 0 Å². The highest BCUT2D eigenvalue weighted by atomic mass is 16.4. The summed E-state index contributed by atoms with van der Waals surface area (Å²) in [5, 5.41) is 17.2. The normalized spacial score (nSPS) is 11.2. The minimum absolute atomic E-state index is 0.0223. The Balaban J connectivity index is 4.26. The molecule has 5 heteroatoms. The maximum absolute atomic E-state index is 10.6.